The van der Waals surface area contributed by atoms with Crippen LogP contribution in [-0.4, -0.2) is 47.1 Å². The number of amides is 1. The predicted octanol–water partition coefficient (Wildman–Crippen LogP) is 0.579. The van der Waals surface area contributed by atoms with Gasteiger partial charge in [0.25, 0.3) is 0 Å². The summed E-state index contributed by atoms with van der Waals surface area (Å²) in [5.41, 5.74) is 0. The molecular formula is C9H17NO2S. The number of rotatable bonds is 2. The zero-order chi connectivity index (χ0) is 9.84. The first-order valence-corrected chi connectivity index (χ1v) is 5.99. The van der Waals surface area contributed by atoms with Crippen molar-refractivity contribution in [3.05, 3.63) is 0 Å². The molecule has 0 aromatic rings. The maximum Gasteiger partial charge on any atom is 0.232 e. The van der Waals surface area contributed by atoms with Gasteiger partial charge in [0.2, 0.25) is 5.91 Å². The lowest BCUT2D eigenvalue weighted by molar-refractivity contribution is -0.132. The molecule has 13 heavy (non-hydrogen) atoms. The van der Waals surface area contributed by atoms with E-state index in [1.807, 2.05) is 13.2 Å². The minimum atomic E-state index is -0.334. The molecule has 0 saturated carbocycles. The largest absolute Gasteiger partial charge is 0.391 e. The van der Waals surface area contributed by atoms with Gasteiger partial charge in [0.1, 0.15) is 0 Å². The van der Waals surface area contributed by atoms with E-state index in [1.165, 1.54) is 11.8 Å². The second kappa shape index (κ2) is 4.86. The second-order valence-electron chi connectivity index (χ2n) is 3.61. The molecule has 0 aromatic heterocycles. The van der Waals surface area contributed by atoms with E-state index in [4.69, 9.17) is 0 Å². The summed E-state index contributed by atoms with van der Waals surface area (Å²) in [6, 6.07) is 0. The number of carbonyl (C=O) groups is 1. The molecule has 76 valence electrons. The van der Waals surface area contributed by atoms with Crippen molar-refractivity contribution in [1.29, 1.82) is 0 Å². The van der Waals surface area contributed by atoms with Crippen molar-refractivity contribution in [2.45, 2.75) is 19.4 Å². The molecule has 0 aromatic carbocycles. The molecule has 1 aliphatic heterocycles. The number of aliphatic hydroxyl groups is 1. The van der Waals surface area contributed by atoms with Crippen molar-refractivity contribution in [2.24, 2.45) is 5.92 Å². The minimum Gasteiger partial charge on any atom is -0.391 e. The normalized spacial score (nSPS) is 29.0. The van der Waals surface area contributed by atoms with Crippen LogP contribution in [0.5, 0.6) is 0 Å². The van der Waals surface area contributed by atoms with Gasteiger partial charge in [-0.05, 0) is 18.6 Å². The fourth-order valence-electron chi connectivity index (χ4n) is 1.49. The molecule has 1 heterocycles. The van der Waals surface area contributed by atoms with E-state index in [1.54, 1.807) is 4.90 Å². The summed E-state index contributed by atoms with van der Waals surface area (Å²) in [7, 11) is 0. The van der Waals surface area contributed by atoms with Crippen LogP contribution in [0.2, 0.25) is 0 Å². The summed E-state index contributed by atoms with van der Waals surface area (Å²) in [4.78, 5) is 13.2. The van der Waals surface area contributed by atoms with E-state index in [2.05, 4.69) is 0 Å². The fraction of sp³-hybridized carbons (Fsp3) is 0.889. The Morgan fingerprint density at radius 2 is 2.38 bits per heavy atom. The molecular weight excluding hydrogens is 186 g/mol. The number of likely N-dealkylation sites (tertiary alicyclic amines) is 1. The van der Waals surface area contributed by atoms with Crippen LogP contribution in [0, 0.1) is 5.92 Å². The van der Waals surface area contributed by atoms with Crippen molar-refractivity contribution in [1.82, 2.24) is 4.90 Å². The van der Waals surface area contributed by atoms with Gasteiger partial charge >= 0.3 is 0 Å². The van der Waals surface area contributed by atoms with Crippen molar-refractivity contribution in [2.75, 3.05) is 25.1 Å². The summed E-state index contributed by atoms with van der Waals surface area (Å²) in [5, 5.41) is 9.56. The number of hydrogen-bond donors (Lipinski definition) is 1. The first-order chi connectivity index (χ1) is 6.15. The SMILES string of the molecule is CSCC(=O)N1CCC(C)C(O)C1. The third-order valence-electron chi connectivity index (χ3n) is 2.54. The summed E-state index contributed by atoms with van der Waals surface area (Å²) >= 11 is 1.53. The number of aliphatic hydroxyl groups excluding tert-OH is 1. The second-order valence-corrected chi connectivity index (χ2v) is 4.47. The summed E-state index contributed by atoms with van der Waals surface area (Å²) in [6.07, 6.45) is 2.50. The fourth-order valence-corrected chi connectivity index (χ4v) is 1.92. The monoisotopic (exact) mass is 203 g/mol. The molecule has 3 nitrogen and oxygen atoms in total. The Balaban J connectivity index is 2.40. The highest BCUT2D eigenvalue weighted by molar-refractivity contribution is 7.99. The zero-order valence-corrected chi connectivity index (χ0v) is 9.01. The number of carbonyl (C=O) groups excluding carboxylic acids is 1. The van der Waals surface area contributed by atoms with Gasteiger partial charge in [-0.15, -0.1) is 0 Å². The molecule has 1 N–H and O–H groups in total. The Morgan fingerprint density at radius 3 is 2.92 bits per heavy atom. The van der Waals surface area contributed by atoms with Gasteiger partial charge in [-0.3, -0.25) is 4.79 Å². The lowest BCUT2D eigenvalue weighted by atomic mass is 9.96. The van der Waals surface area contributed by atoms with Crippen LogP contribution in [-0.2, 0) is 4.79 Å². The lowest BCUT2D eigenvalue weighted by Gasteiger charge is -2.34. The summed E-state index contributed by atoms with van der Waals surface area (Å²) in [5.74, 6) is 1.01. The topological polar surface area (TPSA) is 40.5 Å². The first kappa shape index (κ1) is 10.9. The van der Waals surface area contributed by atoms with E-state index in [9.17, 15) is 9.90 Å². The third-order valence-corrected chi connectivity index (χ3v) is 3.07. The molecule has 1 saturated heterocycles. The van der Waals surface area contributed by atoms with Gasteiger partial charge in [0.05, 0.1) is 11.9 Å². The van der Waals surface area contributed by atoms with Crippen molar-refractivity contribution in [3.63, 3.8) is 0 Å². The van der Waals surface area contributed by atoms with Crippen molar-refractivity contribution in [3.8, 4) is 0 Å². The van der Waals surface area contributed by atoms with Gasteiger partial charge in [0, 0.05) is 13.1 Å². The highest BCUT2D eigenvalue weighted by Crippen LogP contribution is 2.17. The molecule has 1 aliphatic rings. The smallest absolute Gasteiger partial charge is 0.232 e. The van der Waals surface area contributed by atoms with Gasteiger partial charge in [0.15, 0.2) is 0 Å². The molecule has 1 amide bonds. The molecule has 4 heteroatoms. The van der Waals surface area contributed by atoms with Crippen LogP contribution in [0.25, 0.3) is 0 Å². The molecule has 0 spiro atoms. The summed E-state index contributed by atoms with van der Waals surface area (Å²) < 4.78 is 0. The number of β-amino-alcohol motifs (C(OH)–C–C–N with tert-alkyl or cyclic N) is 1. The van der Waals surface area contributed by atoms with E-state index < -0.39 is 0 Å². The molecule has 2 unspecified atom stereocenters. The van der Waals surface area contributed by atoms with Gasteiger partial charge < -0.3 is 10.0 Å². The maximum absolute atomic E-state index is 11.4. The Bertz CT molecular complexity index is 186. The highest BCUT2D eigenvalue weighted by Gasteiger charge is 2.26. The molecule has 1 rings (SSSR count). The van der Waals surface area contributed by atoms with E-state index in [-0.39, 0.29) is 12.0 Å². The zero-order valence-electron chi connectivity index (χ0n) is 8.19. The standard InChI is InChI=1S/C9H17NO2S/c1-7-3-4-10(5-8(7)11)9(12)6-13-2/h7-8,11H,3-6H2,1-2H3. The quantitative estimate of drug-likeness (QED) is 0.713. The average molecular weight is 203 g/mol. The number of piperidine rings is 1. The van der Waals surface area contributed by atoms with E-state index >= 15 is 0 Å². The van der Waals surface area contributed by atoms with E-state index in [0.717, 1.165) is 13.0 Å². The maximum atomic E-state index is 11.4. The number of nitrogens with zero attached hydrogens (tertiary/aromatic N) is 1. The van der Waals surface area contributed by atoms with E-state index in [0.29, 0.717) is 18.2 Å². The minimum absolute atomic E-state index is 0.151. The Morgan fingerprint density at radius 1 is 1.69 bits per heavy atom. The van der Waals surface area contributed by atoms with Gasteiger partial charge in [-0.25, -0.2) is 0 Å². The first-order valence-electron chi connectivity index (χ1n) is 4.60. The lowest BCUT2D eigenvalue weighted by Crippen LogP contribution is -2.46. The summed E-state index contributed by atoms with van der Waals surface area (Å²) in [6.45, 7) is 3.35. The van der Waals surface area contributed by atoms with Crippen LogP contribution in [0.15, 0.2) is 0 Å². The van der Waals surface area contributed by atoms with Crippen LogP contribution in [0.4, 0.5) is 0 Å². The molecule has 2 atom stereocenters. The number of thioether (sulfide) groups is 1. The molecule has 1 fully saturated rings. The van der Waals surface area contributed by atoms with Crippen LogP contribution >= 0.6 is 11.8 Å². The van der Waals surface area contributed by atoms with Crippen molar-refractivity contribution >= 4 is 17.7 Å². The molecule has 0 radical (unpaired) electrons. The van der Waals surface area contributed by atoms with Crippen LogP contribution in [0.1, 0.15) is 13.3 Å². The Hall–Kier alpha value is -0.220. The average Bonchev–Trinajstić information content (AvgIpc) is 2.10. The molecule has 0 bridgehead atoms. The molecule has 0 aliphatic carbocycles. The van der Waals surface area contributed by atoms with Gasteiger partial charge in [-0.1, -0.05) is 6.92 Å². The van der Waals surface area contributed by atoms with Crippen molar-refractivity contribution < 1.29 is 9.90 Å². The van der Waals surface area contributed by atoms with Crippen LogP contribution < -0.4 is 0 Å². The third kappa shape index (κ3) is 2.88. The van der Waals surface area contributed by atoms with Gasteiger partial charge in [-0.2, -0.15) is 11.8 Å². The van der Waals surface area contributed by atoms with Crippen LogP contribution in [0.3, 0.4) is 0 Å². The predicted molar refractivity (Wildman–Crippen MR) is 54.7 cm³/mol. The highest BCUT2D eigenvalue weighted by atomic mass is 32.2. The number of hydrogen-bond acceptors (Lipinski definition) is 3. The Labute approximate surface area is 83.5 Å². The Kier molecular flexibility index (Phi) is 4.06.